The van der Waals surface area contributed by atoms with Crippen LogP contribution < -0.4 is 5.32 Å². The molecule has 1 amide bonds. The van der Waals surface area contributed by atoms with Gasteiger partial charge in [-0.1, -0.05) is 37.3 Å². The number of ether oxygens (including phenoxy) is 2. The lowest BCUT2D eigenvalue weighted by Crippen LogP contribution is -2.46. The van der Waals surface area contributed by atoms with Gasteiger partial charge in [0.25, 0.3) is 0 Å². The minimum Gasteiger partial charge on any atom is -0.444 e. The highest BCUT2D eigenvalue weighted by atomic mass is 16.6. The van der Waals surface area contributed by atoms with E-state index in [0.29, 0.717) is 13.0 Å². The monoisotopic (exact) mass is 351 g/mol. The third-order valence-electron chi connectivity index (χ3n) is 3.78. The number of rotatable bonds is 10. The lowest BCUT2D eigenvalue weighted by Gasteiger charge is -2.29. The quantitative estimate of drug-likeness (QED) is 0.624. The molecule has 5 nitrogen and oxygen atoms in total. The minimum absolute atomic E-state index is 0.105. The largest absolute Gasteiger partial charge is 0.444 e. The molecule has 1 rings (SSSR count). The van der Waals surface area contributed by atoms with Crippen LogP contribution in [0.2, 0.25) is 0 Å². The van der Waals surface area contributed by atoms with E-state index in [-0.39, 0.29) is 18.8 Å². The zero-order chi connectivity index (χ0) is 18.7. The Morgan fingerprint density at radius 2 is 1.88 bits per heavy atom. The van der Waals surface area contributed by atoms with Gasteiger partial charge in [0.1, 0.15) is 5.60 Å². The van der Waals surface area contributed by atoms with Crippen molar-refractivity contribution in [1.29, 1.82) is 0 Å². The summed E-state index contributed by atoms with van der Waals surface area (Å²) in [6, 6.07) is 9.84. The third-order valence-corrected chi connectivity index (χ3v) is 3.78. The maximum absolute atomic E-state index is 12.2. The summed E-state index contributed by atoms with van der Waals surface area (Å²) in [5.74, 6) is 0. The van der Waals surface area contributed by atoms with E-state index in [0.717, 1.165) is 24.8 Å². The van der Waals surface area contributed by atoms with Crippen molar-refractivity contribution < 1.29 is 19.4 Å². The Morgan fingerprint density at radius 3 is 2.44 bits per heavy atom. The number of alkyl carbamates (subject to hydrolysis) is 1. The molecule has 0 aromatic heterocycles. The first kappa shape index (κ1) is 21.5. The fraction of sp³-hybridized carbons (Fsp3) is 0.650. The van der Waals surface area contributed by atoms with Crippen LogP contribution in [0.25, 0.3) is 0 Å². The Hall–Kier alpha value is -1.59. The maximum Gasteiger partial charge on any atom is 0.407 e. The molecule has 2 N–H and O–H groups in total. The summed E-state index contributed by atoms with van der Waals surface area (Å²) < 4.78 is 11.4. The Morgan fingerprint density at radius 1 is 1.20 bits per heavy atom. The standard InChI is InChI=1S/C20H33NO4/c1-5-18(24-15-16-11-7-6-8-12-16)17(13-9-10-14-22)21-19(23)25-20(2,3)4/h6-8,11-12,17-18,22H,5,9-10,13-15H2,1-4H3,(H,21,23)/t17-,18+/m1/s1. The smallest absolute Gasteiger partial charge is 0.407 e. The van der Waals surface area contributed by atoms with Gasteiger partial charge in [0.05, 0.1) is 18.8 Å². The molecule has 0 aliphatic heterocycles. The Kier molecular flexibility index (Phi) is 9.53. The SMILES string of the molecule is CC[C@H](OCc1ccccc1)[C@@H](CCCCO)NC(=O)OC(C)(C)C. The van der Waals surface area contributed by atoms with Crippen LogP contribution >= 0.6 is 0 Å². The van der Waals surface area contributed by atoms with Gasteiger partial charge in [-0.25, -0.2) is 4.79 Å². The zero-order valence-corrected chi connectivity index (χ0v) is 16.0. The van der Waals surface area contributed by atoms with Gasteiger partial charge < -0.3 is 19.9 Å². The average molecular weight is 351 g/mol. The summed E-state index contributed by atoms with van der Waals surface area (Å²) in [5, 5.41) is 12.0. The molecule has 0 heterocycles. The van der Waals surface area contributed by atoms with Gasteiger partial charge in [-0.15, -0.1) is 0 Å². The summed E-state index contributed by atoms with van der Waals surface area (Å²) in [5.41, 5.74) is 0.569. The summed E-state index contributed by atoms with van der Waals surface area (Å²) in [4.78, 5) is 12.2. The predicted molar refractivity (Wildman–Crippen MR) is 99.4 cm³/mol. The second kappa shape index (κ2) is 11.1. The van der Waals surface area contributed by atoms with Crippen LogP contribution in [0.15, 0.2) is 30.3 Å². The number of amides is 1. The van der Waals surface area contributed by atoms with Gasteiger partial charge in [0.15, 0.2) is 0 Å². The minimum atomic E-state index is -0.535. The van der Waals surface area contributed by atoms with Crippen LogP contribution in [0.5, 0.6) is 0 Å². The van der Waals surface area contributed by atoms with E-state index in [4.69, 9.17) is 14.6 Å². The van der Waals surface area contributed by atoms with Crippen molar-refractivity contribution in [2.75, 3.05) is 6.61 Å². The zero-order valence-electron chi connectivity index (χ0n) is 16.0. The van der Waals surface area contributed by atoms with E-state index < -0.39 is 11.7 Å². The van der Waals surface area contributed by atoms with Gasteiger partial charge in [0.2, 0.25) is 0 Å². The molecule has 0 saturated carbocycles. The number of aliphatic hydroxyl groups excluding tert-OH is 1. The van der Waals surface area contributed by atoms with Crippen molar-refractivity contribution in [1.82, 2.24) is 5.32 Å². The van der Waals surface area contributed by atoms with Crippen LogP contribution in [0.1, 0.15) is 58.9 Å². The highest BCUT2D eigenvalue weighted by Crippen LogP contribution is 2.16. The van der Waals surface area contributed by atoms with Crippen molar-refractivity contribution in [3.8, 4) is 0 Å². The van der Waals surface area contributed by atoms with Gasteiger partial charge in [-0.3, -0.25) is 0 Å². The maximum atomic E-state index is 12.2. The topological polar surface area (TPSA) is 67.8 Å². The first-order chi connectivity index (χ1) is 11.9. The fourth-order valence-electron chi connectivity index (χ4n) is 2.58. The predicted octanol–water partition coefficient (Wildman–Crippen LogP) is 4.04. The Balaban J connectivity index is 2.67. The normalized spacial score (nSPS) is 14.0. The molecule has 0 radical (unpaired) electrons. The number of hydrogen-bond acceptors (Lipinski definition) is 4. The molecular formula is C20H33NO4. The summed E-state index contributed by atoms with van der Waals surface area (Å²) in [6.45, 7) is 8.24. The highest BCUT2D eigenvalue weighted by Gasteiger charge is 2.25. The summed E-state index contributed by atoms with van der Waals surface area (Å²) >= 11 is 0. The number of unbranched alkanes of at least 4 members (excludes halogenated alkanes) is 1. The van der Waals surface area contributed by atoms with Crippen molar-refractivity contribution in [2.24, 2.45) is 0 Å². The average Bonchev–Trinajstić information content (AvgIpc) is 2.54. The molecule has 5 heteroatoms. The van der Waals surface area contributed by atoms with Crippen molar-refractivity contribution in [3.05, 3.63) is 35.9 Å². The second-order valence-electron chi connectivity index (χ2n) is 7.22. The van der Waals surface area contributed by atoms with Crippen LogP contribution in [0, 0.1) is 0 Å². The number of hydrogen-bond donors (Lipinski definition) is 2. The Bertz CT molecular complexity index is 484. The van der Waals surface area contributed by atoms with E-state index in [2.05, 4.69) is 5.32 Å². The molecule has 1 aromatic rings. The summed E-state index contributed by atoms with van der Waals surface area (Å²) in [6.07, 6.45) is 2.53. The molecule has 0 unspecified atom stereocenters. The molecule has 0 saturated heterocycles. The highest BCUT2D eigenvalue weighted by molar-refractivity contribution is 5.68. The van der Waals surface area contributed by atoms with Gasteiger partial charge in [0, 0.05) is 6.61 Å². The molecule has 0 fully saturated rings. The van der Waals surface area contributed by atoms with Crippen LogP contribution in [0.3, 0.4) is 0 Å². The molecule has 0 spiro atoms. The van der Waals surface area contributed by atoms with Crippen molar-refractivity contribution in [2.45, 2.75) is 77.7 Å². The number of nitrogens with one attached hydrogen (secondary N) is 1. The van der Waals surface area contributed by atoms with E-state index in [1.807, 2.05) is 58.0 Å². The van der Waals surface area contributed by atoms with E-state index in [9.17, 15) is 4.79 Å². The van der Waals surface area contributed by atoms with Gasteiger partial charge in [-0.05, 0) is 52.0 Å². The van der Waals surface area contributed by atoms with E-state index in [1.54, 1.807) is 0 Å². The van der Waals surface area contributed by atoms with Crippen LogP contribution in [-0.2, 0) is 16.1 Å². The van der Waals surface area contributed by atoms with Crippen LogP contribution in [0.4, 0.5) is 4.79 Å². The molecular weight excluding hydrogens is 318 g/mol. The van der Waals surface area contributed by atoms with Gasteiger partial charge >= 0.3 is 6.09 Å². The number of aliphatic hydroxyl groups is 1. The number of carbonyl (C=O) groups excluding carboxylic acids is 1. The number of benzene rings is 1. The summed E-state index contributed by atoms with van der Waals surface area (Å²) in [7, 11) is 0. The Labute approximate surface area is 151 Å². The van der Waals surface area contributed by atoms with Crippen LogP contribution in [-0.4, -0.2) is 35.6 Å². The molecule has 0 aliphatic carbocycles. The number of carbonyl (C=O) groups is 1. The lowest BCUT2D eigenvalue weighted by molar-refractivity contribution is 0.00142. The first-order valence-electron chi connectivity index (χ1n) is 9.11. The fourth-order valence-corrected chi connectivity index (χ4v) is 2.58. The van der Waals surface area contributed by atoms with Crippen molar-refractivity contribution in [3.63, 3.8) is 0 Å². The molecule has 142 valence electrons. The molecule has 0 aliphatic rings. The molecule has 25 heavy (non-hydrogen) atoms. The first-order valence-corrected chi connectivity index (χ1v) is 9.11. The second-order valence-corrected chi connectivity index (χ2v) is 7.22. The molecule has 0 bridgehead atoms. The molecule has 2 atom stereocenters. The third kappa shape index (κ3) is 9.46. The van der Waals surface area contributed by atoms with Gasteiger partial charge in [-0.2, -0.15) is 0 Å². The van der Waals surface area contributed by atoms with E-state index in [1.165, 1.54) is 0 Å². The van der Waals surface area contributed by atoms with Crippen molar-refractivity contribution >= 4 is 6.09 Å². The van der Waals surface area contributed by atoms with E-state index >= 15 is 0 Å². The lowest BCUT2D eigenvalue weighted by atomic mass is 10.0. The molecule has 1 aromatic carbocycles.